The zero-order valence-corrected chi connectivity index (χ0v) is 7.62. The third-order valence-corrected chi connectivity index (χ3v) is 2.71. The molecule has 3 nitrogen and oxygen atoms in total. The summed E-state index contributed by atoms with van der Waals surface area (Å²) in [6, 6.07) is 2.86. The SMILES string of the molecule is c1c(CNC2CC2)noc1C1CC1. The van der Waals surface area contributed by atoms with Crippen molar-refractivity contribution >= 4 is 0 Å². The van der Waals surface area contributed by atoms with Gasteiger partial charge < -0.3 is 9.84 Å². The summed E-state index contributed by atoms with van der Waals surface area (Å²) in [6.07, 6.45) is 5.22. The van der Waals surface area contributed by atoms with Crippen LogP contribution in [0.3, 0.4) is 0 Å². The van der Waals surface area contributed by atoms with Gasteiger partial charge in [0.15, 0.2) is 0 Å². The van der Waals surface area contributed by atoms with Crippen molar-refractivity contribution in [3.63, 3.8) is 0 Å². The van der Waals surface area contributed by atoms with E-state index >= 15 is 0 Å². The molecule has 0 atom stereocenters. The fourth-order valence-corrected chi connectivity index (χ4v) is 1.51. The first-order valence-electron chi connectivity index (χ1n) is 5.11. The van der Waals surface area contributed by atoms with E-state index in [9.17, 15) is 0 Å². The predicted octanol–water partition coefficient (Wildman–Crippen LogP) is 1.80. The van der Waals surface area contributed by atoms with Gasteiger partial charge in [-0.25, -0.2) is 0 Å². The van der Waals surface area contributed by atoms with Gasteiger partial charge in [0.2, 0.25) is 0 Å². The highest BCUT2D eigenvalue weighted by Crippen LogP contribution is 2.40. The molecule has 0 radical (unpaired) electrons. The van der Waals surface area contributed by atoms with E-state index in [2.05, 4.69) is 16.5 Å². The monoisotopic (exact) mass is 178 g/mol. The van der Waals surface area contributed by atoms with Gasteiger partial charge in [0.05, 0.1) is 5.69 Å². The third kappa shape index (κ3) is 1.75. The van der Waals surface area contributed by atoms with Gasteiger partial charge in [0.1, 0.15) is 5.76 Å². The van der Waals surface area contributed by atoms with Gasteiger partial charge in [-0.3, -0.25) is 0 Å². The van der Waals surface area contributed by atoms with Gasteiger partial charge in [-0.15, -0.1) is 0 Å². The molecule has 0 saturated heterocycles. The molecule has 0 bridgehead atoms. The number of rotatable bonds is 4. The van der Waals surface area contributed by atoms with Crippen molar-refractivity contribution in [2.45, 2.75) is 44.2 Å². The highest BCUT2D eigenvalue weighted by Gasteiger charge is 2.28. The smallest absolute Gasteiger partial charge is 0.140 e. The molecule has 1 aromatic heterocycles. The molecule has 0 spiro atoms. The minimum absolute atomic E-state index is 0.683. The minimum atomic E-state index is 0.683. The van der Waals surface area contributed by atoms with E-state index < -0.39 is 0 Å². The van der Waals surface area contributed by atoms with Crippen molar-refractivity contribution < 1.29 is 4.52 Å². The number of hydrogen-bond donors (Lipinski definition) is 1. The van der Waals surface area contributed by atoms with Crippen LogP contribution in [0.1, 0.15) is 43.1 Å². The molecule has 2 aliphatic carbocycles. The van der Waals surface area contributed by atoms with Crippen molar-refractivity contribution in [2.24, 2.45) is 0 Å². The van der Waals surface area contributed by atoms with Crippen LogP contribution >= 0.6 is 0 Å². The highest BCUT2D eigenvalue weighted by molar-refractivity contribution is 5.14. The molecule has 2 fully saturated rings. The van der Waals surface area contributed by atoms with Crippen molar-refractivity contribution in [2.75, 3.05) is 0 Å². The lowest BCUT2D eigenvalue weighted by molar-refractivity contribution is 0.376. The van der Waals surface area contributed by atoms with Crippen LogP contribution in [0.5, 0.6) is 0 Å². The molecular formula is C10H14N2O. The summed E-state index contributed by atoms with van der Waals surface area (Å²) in [5.41, 5.74) is 1.06. The van der Waals surface area contributed by atoms with Crippen molar-refractivity contribution in [1.82, 2.24) is 10.5 Å². The lowest BCUT2D eigenvalue weighted by Gasteiger charge is -1.95. The highest BCUT2D eigenvalue weighted by atomic mass is 16.5. The van der Waals surface area contributed by atoms with Crippen LogP contribution in [0, 0.1) is 0 Å². The van der Waals surface area contributed by atoms with Gasteiger partial charge in [-0.2, -0.15) is 0 Å². The Morgan fingerprint density at radius 2 is 2.23 bits per heavy atom. The second-order valence-corrected chi connectivity index (χ2v) is 4.15. The van der Waals surface area contributed by atoms with Crippen molar-refractivity contribution in [3.05, 3.63) is 17.5 Å². The molecule has 1 N–H and O–H groups in total. The Labute approximate surface area is 77.5 Å². The predicted molar refractivity (Wildman–Crippen MR) is 48.3 cm³/mol. The zero-order chi connectivity index (χ0) is 8.67. The van der Waals surface area contributed by atoms with Crippen molar-refractivity contribution in [1.29, 1.82) is 0 Å². The first-order valence-corrected chi connectivity index (χ1v) is 5.11. The summed E-state index contributed by atoms with van der Waals surface area (Å²) in [5, 5.41) is 7.46. The molecule has 13 heavy (non-hydrogen) atoms. The number of hydrogen-bond acceptors (Lipinski definition) is 3. The fraction of sp³-hybridized carbons (Fsp3) is 0.700. The summed E-state index contributed by atoms with van der Waals surface area (Å²) in [5.74, 6) is 1.77. The largest absolute Gasteiger partial charge is 0.361 e. The normalized spacial score (nSPS) is 22.2. The van der Waals surface area contributed by atoms with Crippen LogP contribution < -0.4 is 5.32 Å². The first-order chi connectivity index (χ1) is 6.42. The Balaban J connectivity index is 1.59. The van der Waals surface area contributed by atoms with Gasteiger partial charge in [-0.1, -0.05) is 5.16 Å². The van der Waals surface area contributed by atoms with Crippen LogP contribution in [-0.2, 0) is 6.54 Å². The Kier molecular flexibility index (Phi) is 1.65. The molecule has 0 aliphatic heterocycles. The van der Waals surface area contributed by atoms with Crippen molar-refractivity contribution in [3.8, 4) is 0 Å². The van der Waals surface area contributed by atoms with Gasteiger partial charge in [0.25, 0.3) is 0 Å². The molecule has 0 aromatic carbocycles. The molecule has 2 aliphatic rings. The quantitative estimate of drug-likeness (QED) is 0.764. The zero-order valence-electron chi connectivity index (χ0n) is 7.62. The average molecular weight is 178 g/mol. The Hall–Kier alpha value is -0.830. The Morgan fingerprint density at radius 1 is 1.38 bits per heavy atom. The van der Waals surface area contributed by atoms with E-state index in [1.165, 1.54) is 25.7 Å². The topological polar surface area (TPSA) is 38.1 Å². The van der Waals surface area contributed by atoms with Gasteiger partial charge in [-0.05, 0) is 25.7 Å². The fourth-order valence-electron chi connectivity index (χ4n) is 1.51. The number of aromatic nitrogens is 1. The number of nitrogens with zero attached hydrogens (tertiary/aromatic N) is 1. The maximum absolute atomic E-state index is 5.25. The van der Waals surface area contributed by atoms with Crippen LogP contribution in [0.4, 0.5) is 0 Å². The van der Waals surface area contributed by atoms with Crippen LogP contribution in [0.15, 0.2) is 10.6 Å². The van der Waals surface area contributed by atoms with E-state index in [1.807, 2.05) is 0 Å². The van der Waals surface area contributed by atoms with Crippen LogP contribution in [0.2, 0.25) is 0 Å². The molecular weight excluding hydrogens is 164 g/mol. The van der Waals surface area contributed by atoms with E-state index in [1.54, 1.807) is 0 Å². The average Bonchev–Trinajstić information content (AvgIpc) is 3.03. The molecule has 70 valence electrons. The summed E-state index contributed by atoms with van der Waals surface area (Å²) in [6.45, 7) is 0.876. The standard InChI is InChI=1S/C10H14N2O/c1-2-7(1)10-5-9(12-13-10)6-11-8-3-4-8/h5,7-8,11H,1-4,6H2. The summed E-state index contributed by atoms with van der Waals surface area (Å²) < 4.78 is 5.25. The third-order valence-electron chi connectivity index (χ3n) is 2.71. The minimum Gasteiger partial charge on any atom is -0.361 e. The maximum Gasteiger partial charge on any atom is 0.140 e. The first kappa shape index (κ1) is 7.56. The summed E-state index contributed by atoms with van der Waals surface area (Å²) in [7, 11) is 0. The molecule has 1 aromatic rings. The second kappa shape index (κ2) is 2.84. The summed E-state index contributed by atoms with van der Waals surface area (Å²) >= 11 is 0. The second-order valence-electron chi connectivity index (χ2n) is 4.15. The molecule has 2 saturated carbocycles. The van der Waals surface area contributed by atoms with E-state index in [-0.39, 0.29) is 0 Å². The van der Waals surface area contributed by atoms with E-state index in [4.69, 9.17) is 4.52 Å². The van der Waals surface area contributed by atoms with Gasteiger partial charge in [0, 0.05) is 24.6 Å². The summed E-state index contributed by atoms with van der Waals surface area (Å²) in [4.78, 5) is 0. The molecule has 3 heteroatoms. The molecule has 0 amide bonds. The molecule has 1 heterocycles. The van der Waals surface area contributed by atoms with Gasteiger partial charge >= 0.3 is 0 Å². The van der Waals surface area contributed by atoms with Crippen LogP contribution in [-0.4, -0.2) is 11.2 Å². The lowest BCUT2D eigenvalue weighted by Crippen LogP contribution is -2.15. The molecule has 3 rings (SSSR count). The Bertz CT molecular complexity index is 300. The Morgan fingerprint density at radius 3 is 2.92 bits per heavy atom. The van der Waals surface area contributed by atoms with E-state index in [0.717, 1.165) is 24.0 Å². The lowest BCUT2D eigenvalue weighted by atomic mass is 10.3. The maximum atomic E-state index is 5.25. The molecule has 0 unspecified atom stereocenters. The number of nitrogens with one attached hydrogen (secondary N) is 1. The van der Waals surface area contributed by atoms with Crippen LogP contribution in [0.25, 0.3) is 0 Å². The van der Waals surface area contributed by atoms with E-state index in [0.29, 0.717) is 5.92 Å².